The second-order valence-corrected chi connectivity index (χ2v) is 7.55. The Morgan fingerprint density at radius 1 is 1.12 bits per heavy atom. The van der Waals surface area contributed by atoms with E-state index in [-0.39, 0.29) is 5.91 Å². The first-order valence-electron chi connectivity index (χ1n) is 10.0. The summed E-state index contributed by atoms with van der Waals surface area (Å²) in [5, 5.41) is 3.35. The molecule has 1 amide bonds. The lowest BCUT2D eigenvalue weighted by molar-refractivity contribution is -0.131. The van der Waals surface area contributed by atoms with E-state index in [9.17, 15) is 4.79 Å². The zero-order chi connectivity index (χ0) is 17.3. The third-order valence-electron chi connectivity index (χ3n) is 5.62. The molecule has 3 rings (SSSR count). The van der Waals surface area contributed by atoms with Gasteiger partial charge in [-0.1, -0.05) is 42.0 Å². The normalized spacial score (nSPS) is 18.9. The lowest BCUT2D eigenvalue weighted by Gasteiger charge is -2.32. The number of amides is 1. The Bertz CT molecular complexity index is 559. The van der Waals surface area contributed by atoms with Crippen LogP contribution in [0.2, 0.25) is 0 Å². The van der Waals surface area contributed by atoms with Gasteiger partial charge in [0.1, 0.15) is 0 Å². The van der Waals surface area contributed by atoms with Crippen LogP contribution < -0.4 is 5.32 Å². The van der Waals surface area contributed by atoms with Gasteiger partial charge in [-0.2, -0.15) is 0 Å². The molecule has 25 heavy (non-hydrogen) atoms. The number of rotatable bonds is 7. The van der Waals surface area contributed by atoms with E-state index < -0.39 is 0 Å². The van der Waals surface area contributed by atoms with E-state index in [0.717, 1.165) is 51.2 Å². The van der Waals surface area contributed by atoms with Crippen molar-refractivity contribution < 1.29 is 4.79 Å². The number of benzene rings is 1. The summed E-state index contributed by atoms with van der Waals surface area (Å²) in [6.45, 7) is 3.27. The van der Waals surface area contributed by atoms with Crippen molar-refractivity contribution in [3.05, 3.63) is 47.5 Å². The van der Waals surface area contributed by atoms with Crippen molar-refractivity contribution in [3.8, 4) is 0 Å². The van der Waals surface area contributed by atoms with Crippen molar-refractivity contribution in [3.63, 3.8) is 0 Å². The Kier molecular flexibility index (Phi) is 7.10. The van der Waals surface area contributed by atoms with Crippen LogP contribution in [0.15, 0.2) is 42.0 Å². The van der Waals surface area contributed by atoms with Crippen molar-refractivity contribution in [2.75, 3.05) is 26.2 Å². The highest BCUT2D eigenvalue weighted by Crippen LogP contribution is 2.22. The van der Waals surface area contributed by atoms with Gasteiger partial charge in [-0.05, 0) is 69.4 Å². The highest BCUT2D eigenvalue weighted by Gasteiger charge is 2.22. The van der Waals surface area contributed by atoms with Gasteiger partial charge in [0.2, 0.25) is 5.91 Å². The molecule has 1 heterocycles. The molecule has 0 unspecified atom stereocenters. The number of hydrogen-bond acceptors (Lipinski definition) is 2. The number of nitrogens with zero attached hydrogens (tertiary/aromatic N) is 1. The van der Waals surface area contributed by atoms with Gasteiger partial charge in [0, 0.05) is 13.1 Å². The Labute approximate surface area is 152 Å². The molecule has 1 N–H and O–H groups in total. The van der Waals surface area contributed by atoms with Crippen molar-refractivity contribution >= 4 is 5.91 Å². The number of hydrogen-bond donors (Lipinski definition) is 1. The van der Waals surface area contributed by atoms with Gasteiger partial charge >= 0.3 is 0 Å². The van der Waals surface area contributed by atoms with Gasteiger partial charge in [-0.3, -0.25) is 4.79 Å². The molecular weight excluding hydrogens is 308 g/mol. The first-order chi connectivity index (χ1) is 12.3. The second kappa shape index (κ2) is 9.76. The molecule has 3 heteroatoms. The quantitative estimate of drug-likeness (QED) is 0.602. The topological polar surface area (TPSA) is 32.3 Å². The summed E-state index contributed by atoms with van der Waals surface area (Å²) in [6, 6.07) is 10.7. The maximum Gasteiger partial charge on any atom is 0.236 e. The van der Waals surface area contributed by atoms with Crippen LogP contribution in [0.5, 0.6) is 0 Å². The summed E-state index contributed by atoms with van der Waals surface area (Å²) in [5.41, 5.74) is 3.00. The molecule has 0 spiro atoms. The molecule has 0 bridgehead atoms. The van der Waals surface area contributed by atoms with Crippen LogP contribution in [0.25, 0.3) is 0 Å². The minimum Gasteiger partial charge on any atom is -0.342 e. The first-order valence-corrected chi connectivity index (χ1v) is 10.0. The van der Waals surface area contributed by atoms with Gasteiger partial charge in [0.25, 0.3) is 0 Å². The molecule has 1 aromatic rings. The maximum atomic E-state index is 12.4. The number of carbonyl (C=O) groups is 1. The fourth-order valence-electron chi connectivity index (χ4n) is 4.02. The number of nitrogens with one attached hydrogen (secondary N) is 1. The van der Waals surface area contributed by atoms with Crippen LogP contribution in [0, 0.1) is 5.92 Å². The van der Waals surface area contributed by atoms with E-state index >= 15 is 0 Å². The Morgan fingerprint density at radius 2 is 1.92 bits per heavy atom. The van der Waals surface area contributed by atoms with Gasteiger partial charge in [0.05, 0.1) is 6.54 Å². The summed E-state index contributed by atoms with van der Waals surface area (Å²) >= 11 is 0. The van der Waals surface area contributed by atoms with Crippen molar-refractivity contribution in [2.24, 2.45) is 5.92 Å². The first kappa shape index (κ1) is 18.2. The van der Waals surface area contributed by atoms with Gasteiger partial charge in [-0.15, -0.1) is 0 Å². The number of carbonyl (C=O) groups excluding carboxylic acids is 1. The van der Waals surface area contributed by atoms with Crippen molar-refractivity contribution in [1.29, 1.82) is 0 Å². The van der Waals surface area contributed by atoms with E-state index in [1.165, 1.54) is 31.2 Å². The molecule has 1 fully saturated rings. The number of piperidine rings is 1. The molecule has 0 aromatic heterocycles. The van der Waals surface area contributed by atoms with Crippen LogP contribution in [-0.4, -0.2) is 37.0 Å². The van der Waals surface area contributed by atoms with Crippen LogP contribution in [0.3, 0.4) is 0 Å². The fraction of sp³-hybridized carbons (Fsp3) is 0.591. The Morgan fingerprint density at radius 3 is 2.64 bits per heavy atom. The molecule has 1 saturated heterocycles. The van der Waals surface area contributed by atoms with Crippen LogP contribution in [-0.2, 0) is 11.2 Å². The minimum atomic E-state index is 0.274. The predicted molar refractivity (Wildman–Crippen MR) is 103 cm³/mol. The monoisotopic (exact) mass is 340 g/mol. The van der Waals surface area contributed by atoms with Gasteiger partial charge in [-0.25, -0.2) is 0 Å². The van der Waals surface area contributed by atoms with Gasteiger partial charge in [0.15, 0.2) is 0 Å². The zero-order valence-electron chi connectivity index (χ0n) is 15.4. The Hall–Kier alpha value is -1.61. The van der Waals surface area contributed by atoms with Gasteiger partial charge < -0.3 is 10.2 Å². The molecule has 136 valence electrons. The smallest absolute Gasteiger partial charge is 0.236 e. The predicted octanol–water partition coefficient (Wildman–Crippen LogP) is 3.95. The molecule has 1 aliphatic heterocycles. The molecule has 3 nitrogen and oxygen atoms in total. The summed E-state index contributed by atoms with van der Waals surface area (Å²) in [6.07, 6.45) is 12.1. The van der Waals surface area contributed by atoms with E-state index in [1.807, 2.05) is 4.90 Å². The number of likely N-dealkylation sites (tertiary alicyclic amines) is 1. The third-order valence-corrected chi connectivity index (χ3v) is 5.62. The molecule has 0 radical (unpaired) electrons. The SMILES string of the molecule is O=C(CNCCC1=CCCCC1)N1CCC(Cc2ccccc2)CC1. The standard InChI is InChI=1S/C22H32N2O/c25-22(18-23-14-11-19-7-3-1-4-8-19)24-15-12-21(13-16-24)17-20-9-5-2-6-10-20/h2,5-7,9-10,21,23H,1,3-4,8,11-18H2. The highest BCUT2D eigenvalue weighted by atomic mass is 16.2. The second-order valence-electron chi connectivity index (χ2n) is 7.55. The fourth-order valence-corrected chi connectivity index (χ4v) is 4.02. The lowest BCUT2D eigenvalue weighted by Crippen LogP contribution is -2.43. The van der Waals surface area contributed by atoms with E-state index in [1.54, 1.807) is 5.57 Å². The van der Waals surface area contributed by atoms with Crippen molar-refractivity contribution in [2.45, 2.75) is 51.4 Å². The lowest BCUT2D eigenvalue weighted by atomic mass is 9.90. The molecular formula is C22H32N2O. The molecule has 0 saturated carbocycles. The molecule has 1 aromatic carbocycles. The summed E-state index contributed by atoms with van der Waals surface area (Å²) in [5.74, 6) is 0.994. The molecule has 0 atom stereocenters. The van der Waals surface area contributed by atoms with Crippen LogP contribution in [0.1, 0.15) is 50.5 Å². The van der Waals surface area contributed by atoms with E-state index in [0.29, 0.717) is 6.54 Å². The maximum absolute atomic E-state index is 12.4. The van der Waals surface area contributed by atoms with Crippen LogP contribution in [0.4, 0.5) is 0 Å². The molecule has 2 aliphatic rings. The van der Waals surface area contributed by atoms with E-state index in [4.69, 9.17) is 0 Å². The summed E-state index contributed by atoms with van der Waals surface area (Å²) in [7, 11) is 0. The average Bonchev–Trinajstić information content (AvgIpc) is 2.67. The average molecular weight is 341 g/mol. The summed E-state index contributed by atoms with van der Waals surface area (Å²) in [4.78, 5) is 14.4. The summed E-state index contributed by atoms with van der Waals surface area (Å²) < 4.78 is 0. The van der Waals surface area contributed by atoms with E-state index in [2.05, 4.69) is 41.7 Å². The Balaban J connectivity index is 1.30. The number of allylic oxidation sites excluding steroid dienone is 1. The largest absolute Gasteiger partial charge is 0.342 e. The highest BCUT2D eigenvalue weighted by molar-refractivity contribution is 5.78. The molecule has 1 aliphatic carbocycles. The zero-order valence-corrected chi connectivity index (χ0v) is 15.4. The van der Waals surface area contributed by atoms with Crippen LogP contribution >= 0.6 is 0 Å². The third kappa shape index (κ3) is 6.00. The minimum absolute atomic E-state index is 0.274. The van der Waals surface area contributed by atoms with Crippen molar-refractivity contribution in [1.82, 2.24) is 10.2 Å².